The summed E-state index contributed by atoms with van der Waals surface area (Å²) in [6.07, 6.45) is 2.39. The molecule has 2 atom stereocenters. The van der Waals surface area contributed by atoms with Gasteiger partial charge in [0, 0.05) is 22.0 Å². The molecule has 1 aliphatic carbocycles. The summed E-state index contributed by atoms with van der Waals surface area (Å²) in [5.41, 5.74) is 1.84. The molecule has 0 bridgehead atoms. The standard InChI is InChI=1S/C20H16Cl2FN3O/c21-14-4-1-13(18(22)9-14)11-26-19(7-8-24-26)25-20(27)17-10-16(17)12-2-5-15(23)6-3-12/h1-9,16-17H,10-11H2,(H,25,27). The first-order valence-electron chi connectivity index (χ1n) is 8.53. The molecular weight excluding hydrogens is 388 g/mol. The van der Waals surface area contributed by atoms with Crippen LogP contribution in [-0.2, 0) is 11.3 Å². The molecule has 138 valence electrons. The predicted molar refractivity (Wildman–Crippen MR) is 104 cm³/mol. The molecule has 27 heavy (non-hydrogen) atoms. The lowest BCUT2D eigenvalue weighted by molar-refractivity contribution is -0.117. The highest BCUT2D eigenvalue weighted by molar-refractivity contribution is 6.35. The number of benzene rings is 2. The number of nitrogens with zero attached hydrogens (tertiary/aromatic N) is 2. The summed E-state index contributed by atoms with van der Waals surface area (Å²) in [5.74, 6) is 0.292. The number of nitrogens with one attached hydrogen (secondary N) is 1. The van der Waals surface area contributed by atoms with Crippen LogP contribution in [-0.4, -0.2) is 15.7 Å². The minimum atomic E-state index is -0.273. The maximum Gasteiger partial charge on any atom is 0.229 e. The van der Waals surface area contributed by atoms with Crippen molar-refractivity contribution in [1.82, 2.24) is 9.78 Å². The molecule has 1 saturated carbocycles. The molecule has 2 unspecified atom stereocenters. The second kappa shape index (κ2) is 7.33. The zero-order valence-corrected chi connectivity index (χ0v) is 15.7. The molecule has 7 heteroatoms. The molecule has 2 aromatic carbocycles. The zero-order valence-electron chi connectivity index (χ0n) is 14.2. The van der Waals surface area contributed by atoms with Crippen molar-refractivity contribution >= 4 is 34.9 Å². The van der Waals surface area contributed by atoms with Gasteiger partial charge < -0.3 is 5.32 Å². The number of carbonyl (C=O) groups is 1. The van der Waals surface area contributed by atoms with E-state index in [0.717, 1.165) is 17.5 Å². The van der Waals surface area contributed by atoms with Crippen LogP contribution in [0.2, 0.25) is 10.0 Å². The lowest BCUT2D eigenvalue weighted by atomic mass is 10.1. The van der Waals surface area contributed by atoms with Crippen molar-refractivity contribution in [2.75, 3.05) is 5.32 Å². The molecule has 0 spiro atoms. The predicted octanol–water partition coefficient (Wildman–Crippen LogP) is 5.12. The van der Waals surface area contributed by atoms with E-state index in [1.807, 2.05) is 6.07 Å². The monoisotopic (exact) mass is 403 g/mol. The van der Waals surface area contributed by atoms with Crippen molar-refractivity contribution in [2.24, 2.45) is 5.92 Å². The number of halogens is 3. The number of amides is 1. The topological polar surface area (TPSA) is 46.9 Å². The van der Waals surface area contributed by atoms with Gasteiger partial charge in [-0.05, 0) is 47.7 Å². The van der Waals surface area contributed by atoms with Crippen LogP contribution in [0.5, 0.6) is 0 Å². The molecule has 1 heterocycles. The Morgan fingerprint density at radius 2 is 1.96 bits per heavy atom. The van der Waals surface area contributed by atoms with Crippen molar-refractivity contribution < 1.29 is 9.18 Å². The number of hydrogen-bond acceptors (Lipinski definition) is 2. The minimum absolute atomic E-state index is 0.0618. The second-order valence-corrected chi connectivity index (χ2v) is 7.44. The maximum atomic E-state index is 13.0. The third-order valence-corrected chi connectivity index (χ3v) is 5.32. The largest absolute Gasteiger partial charge is 0.311 e. The zero-order chi connectivity index (χ0) is 19.0. The summed E-state index contributed by atoms with van der Waals surface area (Å²) in [4.78, 5) is 12.6. The second-order valence-electron chi connectivity index (χ2n) is 6.60. The third kappa shape index (κ3) is 3.99. The van der Waals surface area contributed by atoms with Gasteiger partial charge in [0.25, 0.3) is 0 Å². The highest BCUT2D eigenvalue weighted by Crippen LogP contribution is 2.48. The summed E-state index contributed by atoms with van der Waals surface area (Å²) in [7, 11) is 0. The maximum absolute atomic E-state index is 13.0. The Bertz CT molecular complexity index is 987. The van der Waals surface area contributed by atoms with E-state index in [9.17, 15) is 9.18 Å². The van der Waals surface area contributed by atoms with Crippen LogP contribution in [0.4, 0.5) is 10.2 Å². The summed E-state index contributed by atoms with van der Waals surface area (Å²) in [5, 5.41) is 8.31. The molecule has 1 N–H and O–H groups in total. The van der Waals surface area contributed by atoms with Crippen LogP contribution < -0.4 is 5.32 Å². The van der Waals surface area contributed by atoms with Crippen LogP contribution in [0.25, 0.3) is 0 Å². The summed E-state index contributed by atoms with van der Waals surface area (Å²) in [6.45, 7) is 0.421. The van der Waals surface area contributed by atoms with Gasteiger partial charge >= 0.3 is 0 Å². The Hall–Kier alpha value is -2.37. The number of carbonyl (C=O) groups excluding carboxylic acids is 1. The van der Waals surface area contributed by atoms with E-state index >= 15 is 0 Å². The van der Waals surface area contributed by atoms with Crippen molar-refractivity contribution in [1.29, 1.82) is 0 Å². The molecule has 0 aliphatic heterocycles. The fourth-order valence-corrected chi connectivity index (χ4v) is 3.63. The van der Waals surface area contributed by atoms with Gasteiger partial charge in [-0.1, -0.05) is 41.4 Å². The molecule has 4 nitrogen and oxygen atoms in total. The SMILES string of the molecule is O=C(Nc1ccnn1Cc1ccc(Cl)cc1Cl)C1CC1c1ccc(F)cc1. The van der Waals surface area contributed by atoms with Gasteiger partial charge in [-0.3, -0.25) is 4.79 Å². The number of hydrogen-bond donors (Lipinski definition) is 1. The van der Waals surface area contributed by atoms with Crippen LogP contribution in [0.1, 0.15) is 23.5 Å². The van der Waals surface area contributed by atoms with Crippen molar-refractivity contribution in [3.8, 4) is 0 Å². The Morgan fingerprint density at radius 3 is 2.70 bits per heavy atom. The van der Waals surface area contributed by atoms with Crippen LogP contribution in [0.3, 0.4) is 0 Å². The molecule has 1 aromatic heterocycles. The fraction of sp³-hybridized carbons (Fsp3) is 0.200. The average molecular weight is 404 g/mol. The molecule has 3 aromatic rings. The third-order valence-electron chi connectivity index (χ3n) is 4.73. The summed E-state index contributed by atoms with van der Waals surface area (Å²) < 4.78 is 14.7. The molecule has 0 saturated heterocycles. The van der Waals surface area contributed by atoms with Crippen LogP contribution >= 0.6 is 23.2 Å². The molecular formula is C20H16Cl2FN3O. The van der Waals surface area contributed by atoms with E-state index in [4.69, 9.17) is 23.2 Å². The quantitative estimate of drug-likeness (QED) is 0.642. The van der Waals surface area contributed by atoms with Gasteiger partial charge in [0.15, 0.2) is 0 Å². The Balaban J connectivity index is 1.43. The first-order valence-corrected chi connectivity index (χ1v) is 9.29. The highest BCUT2D eigenvalue weighted by Gasteiger charge is 2.44. The van der Waals surface area contributed by atoms with Gasteiger partial charge in [0.05, 0.1) is 12.7 Å². The Labute approximate surface area is 165 Å². The molecule has 1 fully saturated rings. The van der Waals surface area contributed by atoms with Gasteiger partial charge in [0.2, 0.25) is 5.91 Å². The highest BCUT2D eigenvalue weighted by atomic mass is 35.5. The Kier molecular flexibility index (Phi) is 4.89. The molecule has 0 radical (unpaired) electrons. The van der Waals surface area contributed by atoms with Crippen molar-refractivity contribution in [3.63, 3.8) is 0 Å². The lowest BCUT2D eigenvalue weighted by Crippen LogP contribution is -2.18. The normalized spacial score (nSPS) is 18.3. The summed E-state index contributed by atoms with van der Waals surface area (Å²) in [6, 6.07) is 13.3. The van der Waals surface area contributed by atoms with Gasteiger partial charge in [-0.15, -0.1) is 0 Å². The molecule has 1 aliphatic rings. The molecule has 4 rings (SSSR count). The lowest BCUT2D eigenvalue weighted by Gasteiger charge is -2.10. The fourth-order valence-electron chi connectivity index (χ4n) is 3.16. The first-order chi connectivity index (χ1) is 13.0. The number of aromatic nitrogens is 2. The van der Waals surface area contributed by atoms with Crippen molar-refractivity contribution in [2.45, 2.75) is 18.9 Å². The number of anilines is 1. The first kappa shape index (κ1) is 18.0. The van der Waals surface area contributed by atoms with Gasteiger partial charge in [-0.2, -0.15) is 5.10 Å². The van der Waals surface area contributed by atoms with Crippen LogP contribution in [0, 0.1) is 11.7 Å². The van der Waals surface area contributed by atoms with E-state index in [1.54, 1.807) is 41.2 Å². The molecule has 1 amide bonds. The van der Waals surface area contributed by atoms with E-state index in [-0.39, 0.29) is 23.6 Å². The van der Waals surface area contributed by atoms with Gasteiger partial charge in [0.1, 0.15) is 11.6 Å². The van der Waals surface area contributed by atoms with Crippen molar-refractivity contribution in [3.05, 3.63) is 81.7 Å². The van der Waals surface area contributed by atoms with Gasteiger partial charge in [-0.25, -0.2) is 9.07 Å². The van der Waals surface area contributed by atoms with E-state index in [0.29, 0.717) is 22.4 Å². The van der Waals surface area contributed by atoms with E-state index in [2.05, 4.69) is 10.4 Å². The van der Waals surface area contributed by atoms with E-state index in [1.165, 1.54) is 12.1 Å². The number of rotatable bonds is 5. The Morgan fingerprint density at radius 1 is 1.19 bits per heavy atom. The average Bonchev–Trinajstić information content (AvgIpc) is 3.33. The summed E-state index contributed by atoms with van der Waals surface area (Å²) >= 11 is 12.2. The smallest absolute Gasteiger partial charge is 0.229 e. The minimum Gasteiger partial charge on any atom is -0.311 e. The van der Waals surface area contributed by atoms with Crippen LogP contribution in [0.15, 0.2) is 54.7 Å². The van der Waals surface area contributed by atoms with E-state index < -0.39 is 0 Å².